The Morgan fingerprint density at radius 2 is 1.81 bits per heavy atom. The molecule has 1 fully saturated rings. The van der Waals surface area contributed by atoms with Crippen LogP contribution in [0.5, 0.6) is 5.75 Å². The molecule has 2 aromatic carbocycles. The Bertz CT molecular complexity index is 611. The Hall–Kier alpha value is -1.65. The first kappa shape index (κ1) is 14.3. The van der Waals surface area contributed by atoms with Gasteiger partial charge in [-0.2, -0.15) is 0 Å². The summed E-state index contributed by atoms with van der Waals surface area (Å²) in [6, 6.07) is 11.7. The predicted octanol–water partition coefficient (Wildman–Crippen LogP) is 2.85. The second-order valence-electron chi connectivity index (χ2n) is 5.57. The summed E-state index contributed by atoms with van der Waals surface area (Å²) in [4.78, 5) is 2.36. The summed E-state index contributed by atoms with van der Waals surface area (Å²) in [6.07, 6.45) is 0.531. The van der Waals surface area contributed by atoms with E-state index < -0.39 is 0 Å². The van der Waals surface area contributed by atoms with Gasteiger partial charge in [-0.15, -0.1) is 0 Å². The minimum absolute atomic E-state index is 0.135. The largest absolute Gasteiger partial charge is 0.508 e. The van der Waals surface area contributed by atoms with Crippen LogP contribution in [0.25, 0.3) is 10.8 Å². The number of hydrogen-bond donors (Lipinski definition) is 2. The average molecular weight is 288 g/mol. The number of aromatic hydroxyl groups is 1. The molecule has 0 bridgehead atoms. The van der Waals surface area contributed by atoms with Gasteiger partial charge in [0.2, 0.25) is 0 Å². The topological polar surface area (TPSA) is 35.5 Å². The molecule has 0 spiro atoms. The number of nitrogens with zero attached hydrogens (tertiary/aromatic N) is 1. The minimum atomic E-state index is -0.303. The first-order valence-corrected chi connectivity index (χ1v) is 7.51. The van der Waals surface area contributed by atoms with Crippen molar-refractivity contribution in [1.29, 1.82) is 0 Å². The summed E-state index contributed by atoms with van der Waals surface area (Å²) in [7, 11) is 0. The highest BCUT2D eigenvalue weighted by molar-refractivity contribution is 5.84. The number of piperazine rings is 1. The van der Waals surface area contributed by atoms with E-state index in [0.717, 1.165) is 42.5 Å². The summed E-state index contributed by atoms with van der Waals surface area (Å²) in [5, 5.41) is 15.0. The quantitative estimate of drug-likeness (QED) is 0.908. The van der Waals surface area contributed by atoms with Crippen molar-refractivity contribution in [3.05, 3.63) is 42.0 Å². The Morgan fingerprint density at radius 1 is 1.10 bits per heavy atom. The SMILES string of the molecule is Oc1ccc2cc([C@@H](CCF)N3CCNCC3)ccc2c1. The molecule has 0 unspecified atom stereocenters. The van der Waals surface area contributed by atoms with Crippen molar-refractivity contribution >= 4 is 10.8 Å². The summed E-state index contributed by atoms with van der Waals surface area (Å²) in [5.74, 6) is 0.276. The normalized spacial score (nSPS) is 18.0. The molecule has 2 N–H and O–H groups in total. The Balaban J connectivity index is 1.92. The van der Waals surface area contributed by atoms with Crippen LogP contribution < -0.4 is 5.32 Å². The Kier molecular flexibility index (Phi) is 4.36. The summed E-state index contributed by atoms with van der Waals surface area (Å²) in [6.45, 7) is 3.53. The van der Waals surface area contributed by atoms with E-state index in [9.17, 15) is 9.50 Å². The minimum Gasteiger partial charge on any atom is -0.508 e. The number of hydrogen-bond acceptors (Lipinski definition) is 3. The third-order valence-corrected chi connectivity index (χ3v) is 4.21. The van der Waals surface area contributed by atoms with Crippen molar-refractivity contribution in [2.24, 2.45) is 0 Å². The van der Waals surface area contributed by atoms with Crippen LogP contribution in [0.4, 0.5) is 4.39 Å². The molecule has 0 amide bonds. The van der Waals surface area contributed by atoms with E-state index >= 15 is 0 Å². The van der Waals surface area contributed by atoms with E-state index in [1.165, 1.54) is 0 Å². The third-order valence-electron chi connectivity index (χ3n) is 4.21. The van der Waals surface area contributed by atoms with Gasteiger partial charge in [-0.3, -0.25) is 9.29 Å². The lowest BCUT2D eigenvalue weighted by atomic mass is 9.98. The van der Waals surface area contributed by atoms with Gasteiger partial charge in [-0.25, -0.2) is 0 Å². The molecule has 1 aliphatic rings. The van der Waals surface area contributed by atoms with Crippen LogP contribution in [-0.2, 0) is 0 Å². The van der Waals surface area contributed by atoms with E-state index in [4.69, 9.17) is 0 Å². The van der Waals surface area contributed by atoms with Gasteiger partial charge in [0, 0.05) is 32.2 Å². The van der Waals surface area contributed by atoms with Gasteiger partial charge in [-0.1, -0.05) is 18.2 Å². The van der Waals surface area contributed by atoms with Gasteiger partial charge < -0.3 is 10.4 Å². The van der Waals surface area contributed by atoms with Gasteiger partial charge in [-0.05, 0) is 41.0 Å². The fourth-order valence-corrected chi connectivity index (χ4v) is 3.12. The number of alkyl halides is 1. The van der Waals surface area contributed by atoms with Crippen molar-refractivity contribution < 1.29 is 9.50 Å². The molecular weight excluding hydrogens is 267 g/mol. The number of nitrogens with one attached hydrogen (secondary N) is 1. The van der Waals surface area contributed by atoms with Crippen molar-refractivity contribution in [3.8, 4) is 5.75 Å². The molecule has 1 aliphatic heterocycles. The van der Waals surface area contributed by atoms with Crippen molar-refractivity contribution in [2.45, 2.75) is 12.5 Å². The molecule has 21 heavy (non-hydrogen) atoms. The highest BCUT2D eigenvalue weighted by Gasteiger charge is 2.22. The molecule has 0 aromatic heterocycles. The molecule has 2 aromatic rings. The van der Waals surface area contributed by atoms with E-state index in [0.29, 0.717) is 6.42 Å². The highest BCUT2D eigenvalue weighted by Crippen LogP contribution is 2.29. The second kappa shape index (κ2) is 6.41. The summed E-state index contributed by atoms with van der Waals surface area (Å²) in [5.41, 5.74) is 1.16. The second-order valence-corrected chi connectivity index (χ2v) is 5.57. The third kappa shape index (κ3) is 3.17. The molecule has 112 valence electrons. The summed E-state index contributed by atoms with van der Waals surface area (Å²) < 4.78 is 13.0. The van der Waals surface area contributed by atoms with E-state index in [2.05, 4.69) is 22.3 Å². The fraction of sp³-hybridized carbons (Fsp3) is 0.412. The Morgan fingerprint density at radius 3 is 2.57 bits per heavy atom. The standard InChI is InChI=1S/C17H21FN2O/c18-6-5-17(20-9-7-19-8-10-20)15-2-1-14-12-16(21)4-3-13(14)11-15/h1-4,11-12,17,19,21H,5-10H2/t17-/m1/s1. The van der Waals surface area contributed by atoms with Crippen molar-refractivity contribution in [3.63, 3.8) is 0 Å². The lowest BCUT2D eigenvalue weighted by Crippen LogP contribution is -2.45. The maximum Gasteiger partial charge on any atom is 0.116 e. The molecule has 1 heterocycles. The lowest BCUT2D eigenvalue weighted by molar-refractivity contribution is 0.157. The summed E-state index contributed by atoms with van der Waals surface area (Å²) >= 11 is 0. The molecule has 1 saturated heterocycles. The zero-order chi connectivity index (χ0) is 14.7. The molecule has 1 atom stereocenters. The highest BCUT2D eigenvalue weighted by atomic mass is 19.1. The molecule has 3 rings (SSSR count). The number of halogens is 1. The van der Waals surface area contributed by atoms with Crippen LogP contribution in [0.2, 0.25) is 0 Å². The number of phenols is 1. The zero-order valence-electron chi connectivity index (χ0n) is 12.1. The molecule has 3 nitrogen and oxygen atoms in total. The van der Waals surface area contributed by atoms with Crippen molar-refractivity contribution in [1.82, 2.24) is 10.2 Å². The van der Waals surface area contributed by atoms with Crippen LogP contribution in [0.3, 0.4) is 0 Å². The number of phenolic OH excluding ortho intramolecular Hbond substituents is 1. The monoisotopic (exact) mass is 288 g/mol. The van der Waals surface area contributed by atoms with E-state index in [1.807, 2.05) is 12.1 Å². The first-order valence-electron chi connectivity index (χ1n) is 7.51. The van der Waals surface area contributed by atoms with Gasteiger partial charge in [0.05, 0.1) is 6.67 Å². The Labute approximate surface area is 124 Å². The predicted molar refractivity (Wildman–Crippen MR) is 83.4 cm³/mol. The molecule has 0 aliphatic carbocycles. The molecule has 0 radical (unpaired) electrons. The van der Waals surface area contributed by atoms with Gasteiger partial charge >= 0.3 is 0 Å². The van der Waals surface area contributed by atoms with Gasteiger partial charge in [0.25, 0.3) is 0 Å². The average Bonchev–Trinajstić information content (AvgIpc) is 2.53. The van der Waals surface area contributed by atoms with Crippen LogP contribution >= 0.6 is 0 Å². The zero-order valence-corrected chi connectivity index (χ0v) is 12.1. The first-order chi connectivity index (χ1) is 10.3. The van der Waals surface area contributed by atoms with Crippen LogP contribution in [0, 0.1) is 0 Å². The number of rotatable bonds is 4. The molecular formula is C17H21FN2O. The van der Waals surface area contributed by atoms with Crippen LogP contribution in [0.1, 0.15) is 18.0 Å². The van der Waals surface area contributed by atoms with Crippen LogP contribution in [-0.4, -0.2) is 42.9 Å². The van der Waals surface area contributed by atoms with E-state index in [-0.39, 0.29) is 18.5 Å². The molecule has 0 saturated carbocycles. The van der Waals surface area contributed by atoms with Gasteiger partial charge in [0.1, 0.15) is 5.75 Å². The van der Waals surface area contributed by atoms with Crippen molar-refractivity contribution in [2.75, 3.05) is 32.9 Å². The molecule has 4 heteroatoms. The fourth-order valence-electron chi connectivity index (χ4n) is 3.12. The lowest BCUT2D eigenvalue weighted by Gasteiger charge is -2.35. The number of benzene rings is 2. The van der Waals surface area contributed by atoms with Gasteiger partial charge in [0.15, 0.2) is 0 Å². The maximum atomic E-state index is 13.0. The smallest absolute Gasteiger partial charge is 0.116 e. The maximum absolute atomic E-state index is 13.0. The van der Waals surface area contributed by atoms with Crippen LogP contribution in [0.15, 0.2) is 36.4 Å². The van der Waals surface area contributed by atoms with E-state index in [1.54, 1.807) is 12.1 Å². The number of fused-ring (bicyclic) bond motifs is 1.